The summed E-state index contributed by atoms with van der Waals surface area (Å²) in [5, 5.41) is 21.3. The summed E-state index contributed by atoms with van der Waals surface area (Å²) in [6, 6.07) is 11.9. The molecule has 1 fully saturated rings. The quantitative estimate of drug-likeness (QED) is 0.290. The number of benzene rings is 3. The van der Waals surface area contributed by atoms with Gasteiger partial charge in [0, 0.05) is 11.6 Å². The van der Waals surface area contributed by atoms with Crippen molar-refractivity contribution in [3.63, 3.8) is 0 Å². The van der Waals surface area contributed by atoms with Gasteiger partial charge in [-0.15, -0.1) is 0 Å². The van der Waals surface area contributed by atoms with E-state index >= 15 is 0 Å². The third-order valence-electron chi connectivity index (χ3n) is 5.92. The minimum Gasteiger partial charge on any atom is -0.508 e. The molecule has 3 aromatic rings. The molecule has 8 heteroatoms. The van der Waals surface area contributed by atoms with Crippen molar-refractivity contribution >= 4 is 23.1 Å². The van der Waals surface area contributed by atoms with Crippen LogP contribution in [0.1, 0.15) is 42.5 Å². The van der Waals surface area contributed by atoms with Gasteiger partial charge in [0.05, 0.1) is 24.4 Å². The van der Waals surface area contributed by atoms with E-state index in [4.69, 9.17) is 4.74 Å². The highest BCUT2D eigenvalue weighted by Gasteiger charge is 2.48. The molecule has 0 aromatic heterocycles. The molecule has 3 aromatic carbocycles. The van der Waals surface area contributed by atoms with Crippen molar-refractivity contribution in [3.8, 4) is 11.5 Å². The number of methoxy groups -OCH3 is 1. The zero-order valence-corrected chi connectivity index (χ0v) is 19.3. The summed E-state index contributed by atoms with van der Waals surface area (Å²) in [6.45, 7) is 3.87. The molecule has 6 nitrogen and oxygen atoms in total. The number of ether oxygens (including phenoxy) is 1. The summed E-state index contributed by atoms with van der Waals surface area (Å²) in [5.74, 6) is -4.04. The Morgan fingerprint density at radius 3 is 2.40 bits per heavy atom. The Balaban J connectivity index is 1.98. The van der Waals surface area contributed by atoms with E-state index in [1.807, 2.05) is 13.8 Å². The smallest absolute Gasteiger partial charge is 0.300 e. The van der Waals surface area contributed by atoms with Gasteiger partial charge in [0.2, 0.25) is 0 Å². The second-order valence-corrected chi connectivity index (χ2v) is 8.47. The number of hydrogen-bond donors (Lipinski definition) is 2. The lowest BCUT2D eigenvalue weighted by molar-refractivity contribution is -0.132. The molecule has 0 saturated carbocycles. The van der Waals surface area contributed by atoms with Crippen LogP contribution in [-0.4, -0.2) is 29.0 Å². The maximum absolute atomic E-state index is 14.8. The van der Waals surface area contributed by atoms with Crippen LogP contribution in [0, 0.1) is 11.6 Å². The zero-order valence-electron chi connectivity index (χ0n) is 19.3. The Morgan fingerprint density at radius 2 is 1.77 bits per heavy atom. The minimum absolute atomic E-state index is 0.0234. The first-order chi connectivity index (χ1) is 16.6. The van der Waals surface area contributed by atoms with Gasteiger partial charge in [0.15, 0.2) is 0 Å². The summed E-state index contributed by atoms with van der Waals surface area (Å²) >= 11 is 0. The van der Waals surface area contributed by atoms with Crippen molar-refractivity contribution in [2.24, 2.45) is 0 Å². The molecule has 1 unspecified atom stereocenters. The molecular formula is C27H23F2NO5. The normalized spacial score (nSPS) is 17.3. The number of phenolic OH excluding ortho intramolecular Hbond substituents is 1. The average Bonchev–Trinajstić information content (AvgIpc) is 3.08. The fraction of sp³-hybridized carbons (Fsp3) is 0.185. The van der Waals surface area contributed by atoms with Crippen molar-refractivity contribution in [2.75, 3.05) is 12.0 Å². The number of carbonyl (C=O) groups is 2. The number of amides is 1. The Morgan fingerprint density at radius 1 is 1.03 bits per heavy atom. The highest BCUT2D eigenvalue weighted by molar-refractivity contribution is 6.51. The Kier molecular flexibility index (Phi) is 6.30. The molecule has 0 bridgehead atoms. The summed E-state index contributed by atoms with van der Waals surface area (Å²) in [5.41, 5.74) is 0.663. The molecule has 1 aliphatic rings. The standard InChI is InChI=1S/C27H23F2NO5/c1-14(2)19-12-16(7-10-22(19)35-3)25(32)23-24(15-5-4-6-18(31)11-15)30(27(34)26(23)33)21-9-8-17(28)13-20(21)29/h4-14,24,31-32H,1-3H3/b25-23-. The van der Waals surface area contributed by atoms with Gasteiger partial charge < -0.3 is 14.9 Å². The summed E-state index contributed by atoms with van der Waals surface area (Å²) in [6.07, 6.45) is 0. The van der Waals surface area contributed by atoms with Gasteiger partial charge in [-0.3, -0.25) is 14.5 Å². The number of hydrogen-bond acceptors (Lipinski definition) is 5. The van der Waals surface area contributed by atoms with Crippen LogP contribution in [0.25, 0.3) is 5.76 Å². The molecule has 1 aliphatic heterocycles. The highest BCUT2D eigenvalue weighted by atomic mass is 19.1. The molecule has 1 saturated heterocycles. The number of nitrogens with zero attached hydrogens (tertiary/aromatic N) is 1. The van der Waals surface area contributed by atoms with Crippen LogP contribution in [0.3, 0.4) is 0 Å². The van der Waals surface area contributed by atoms with Gasteiger partial charge in [0.25, 0.3) is 11.7 Å². The first-order valence-electron chi connectivity index (χ1n) is 10.9. The van der Waals surface area contributed by atoms with Gasteiger partial charge in [-0.1, -0.05) is 26.0 Å². The lowest BCUT2D eigenvalue weighted by Crippen LogP contribution is -2.30. The molecule has 1 amide bonds. The molecule has 0 aliphatic carbocycles. The second kappa shape index (κ2) is 9.21. The maximum Gasteiger partial charge on any atom is 0.300 e. The number of aliphatic hydroxyl groups is 1. The van der Waals surface area contributed by atoms with E-state index in [9.17, 15) is 28.6 Å². The third-order valence-corrected chi connectivity index (χ3v) is 5.92. The van der Waals surface area contributed by atoms with E-state index in [1.54, 1.807) is 18.2 Å². The number of carbonyl (C=O) groups excluding carboxylic acids is 2. The van der Waals surface area contributed by atoms with Crippen LogP contribution >= 0.6 is 0 Å². The Bertz CT molecular complexity index is 1370. The first kappa shape index (κ1) is 23.9. The van der Waals surface area contributed by atoms with Crippen molar-refractivity contribution < 1.29 is 33.3 Å². The summed E-state index contributed by atoms with van der Waals surface area (Å²) in [7, 11) is 1.52. The van der Waals surface area contributed by atoms with E-state index in [-0.39, 0.29) is 34.1 Å². The average molecular weight is 479 g/mol. The lowest BCUT2D eigenvalue weighted by atomic mass is 9.93. The topological polar surface area (TPSA) is 87.1 Å². The van der Waals surface area contributed by atoms with E-state index < -0.39 is 35.1 Å². The molecule has 4 rings (SSSR count). The molecule has 35 heavy (non-hydrogen) atoms. The maximum atomic E-state index is 14.8. The van der Waals surface area contributed by atoms with E-state index in [0.717, 1.165) is 22.6 Å². The van der Waals surface area contributed by atoms with Crippen molar-refractivity contribution in [1.82, 2.24) is 0 Å². The number of aromatic hydroxyl groups is 1. The van der Waals surface area contributed by atoms with Crippen molar-refractivity contribution in [1.29, 1.82) is 0 Å². The third kappa shape index (κ3) is 4.23. The number of anilines is 1. The lowest BCUT2D eigenvalue weighted by Gasteiger charge is -2.26. The Hall–Kier alpha value is -4.20. The van der Waals surface area contributed by atoms with Crippen LogP contribution in [-0.2, 0) is 9.59 Å². The van der Waals surface area contributed by atoms with Crippen LogP contribution in [0.5, 0.6) is 11.5 Å². The van der Waals surface area contributed by atoms with Crippen LogP contribution < -0.4 is 9.64 Å². The molecule has 0 spiro atoms. The number of aliphatic hydroxyl groups excluding tert-OH is 1. The number of rotatable bonds is 5. The monoisotopic (exact) mass is 479 g/mol. The number of Topliss-reactive ketones (excluding diaryl/α,β-unsaturated/α-hetero) is 1. The largest absolute Gasteiger partial charge is 0.508 e. The van der Waals surface area contributed by atoms with Gasteiger partial charge in [0.1, 0.15) is 28.9 Å². The molecule has 1 atom stereocenters. The number of ketones is 1. The summed E-state index contributed by atoms with van der Waals surface area (Å²) in [4.78, 5) is 27.2. The number of phenols is 1. The first-order valence-corrected chi connectivity index (χ1v) is 10.9. The second-order valence-electron chi connectivity index (χ2n) is 8.47. The van der Waals surface area contributed by atoms with Crippen molar-refractivity contribution in [3.05, 3.63) is 94.6 Å². The van der Waals surface area contributed by atoms with Gasteiger partial charge >= 0.3 is 0 Å². The minimum atomic E-state index is -1.27. The zero-order chi connectivity index (χ0) is 25.4. The van der Waals surface area contributed by atoms with Gasteiger partial charge in [-0.25, -0.2) is 8.78 Å². The molecule has 0 radical (unpaired) electrons. The SMILES string of the molecule is COc1ccc(/C(O)=C2/C(=O)C(=O)N(c3ccc(F)cc3F)C2c2cccc(O)c2)cc1C(C)C. The van der Waals surface area contributed by atoms with E-state index in [2.05, 4.69) is 0 Å². The fourth-order valence-electron chi connectivity index (χ4n) is 4.26. The molecular weight excluding hydrogens is 456 g/mol. The van der Waals surface area contributed by atoms with Crippen molar-refractivity contribution in [2.45, 2.75) is 25.8 Å². The molecule has 180 valence electrons. The van der Waals surface area contributed by atoms with E-state index in [0.29, 0.717) is 11.8 Å². The van der Waals surface area contributed by atoms with Crippen LogP contribution in [0.15, 0.2) is 66.2 Å². The van der Waals surface area contributed by atoms with Gasteiger partial charge in [-0.2, -0.15) is 0 Å². The molecule has 1 heterocycles. The van der Waals surface area contributed by atoms with E-state index in [1.165, 1.54) is 31.4 Å². The Labute approximate surface area is 200 Å². The predicted octanol–water partition coefficient (Wildman–Crippen LogP) is 5.43. The van der Waals surface area contributed by atoms with Crippen LogP contribution in [0.4, 0.5) is 14.5 Å². The molecule has 2 N–H and O–H groups in total. The predicted molar refractivity (Wildman–Crippen MR) is 126 cm³/mol. The van der Waals surface area contributed by atoms with Gasteiger partial charge in [-0.05, 0) is 59.5 Å². The fourth-order valence-corrected chi connectivity index (χ4v) is 4.26. The van der Waals surface area contributed by atoms with Crippen LogP contribution in [0.2, 0.25) is 0 Å². The highest BCUT2D eigenvalue weighted by Crippen LogP contribution is 2.44. The summed E-state index contributed by atoms with van der Waals surface area (Å²) < 4.78 is 33.7. The number of halogens is 2.